The van der Waals surface area contributed by atoms with E-state index in [9.17, 15) is 13.5 Å². The quantitative estimate of drug-likeness (QED) is 0.661. The fourth-order valence-electron chi connectivity index (χ4n) is 2.03. The van der Waals surface area contributed by atoms with Gasteiger partial charge in [0.25, 0.3) is 10.1 Å². The van der Waals surface area contributed by atoms with E-state index < -0.39 is 10.1 Å². The van der Waals surface area contributed by atoms with Crippen molar-refractivity contribution in [2.45, 2.75) is 12.3 Å². The van der Waals surface area contributed by atoms with E-state index in [0.29, 0.717) is 16.3 Å². The number of aliphatic hydroxyl groups is 1. The van der Waals surface area contributed by atoms with Gasteiger partial charge < -0.3 is 5.11 Å². The van der Waals surface area contributed by atoms with Crippen molar-refractivity contribution in [3.8, 4) is 0 Å². The maximum Gasteiger partial charge on any atom is 0.261 e. The monoisotopic (exact) mass is 454 g/mol. The Bertz CT molecular complexity index is 773. The molecule has 1 atom stereocenters. The molecule has 2 aromatic carbocycles. The van der Waals surface area contributed by atoms with Crippen molar-refractivity contribution in [1.82, 2.24) is 0 Å². The van der Waals surface area contributed by atoms with Gasteiger partial charge in [-0.25, -0.2) is 0 Å². The molecule has 2 aromatic rings. The summed E-state index contributed by atoms with van der Waals surface area (Å²) < 4.78 is 26.9. The SMILES string of the molecule is CS(=O)(=O)O.OCC(Cc1ccccc1Br)c1ccc(Cl)cc1Cl. The van der Waals surface area contributed by atoms with Crippen molar-refractivity contribution in [3.05, 3.63) is 68.1 Å². The number of rotatable bonds is 4. The molecule has 132 valence electrons. The van der Waals surface area contributed by atoms with Gasteiger partial charge in [-0.05, 0) is 35.7 Å². The maximum atomic E-state index is 9.62. The Labute approximate surface area is 160 Å². The highest BCUT2D eigenvalue weighted by atomic mass is 79.9. The second-order valence-electron chi connectivity index (χ2n) is 5.07. The summed E-state index contributed by atoms with van der Waals surface area (Å²) >= 11 is 15.6. The average molecular weight is 456 g/mol. The highest BCUT2D eigenvalue weighted by Crippen LogP contribution is 2.31. The second-order valence-corrected chi connectivity index (χ2v) is 8.24. The summed E-state index contributed by atoms with van der Waals surface area (Å²) in [5.41, 5.74) is 2.07. The molecule has 2 rings (SSSR count). The minimum absolute atomic E-state index is 0.0385. The molecule has 0 aliphatic carbocycles. The fourth-order valence-corrected chi connectivity index (χ4v) is 3.04. The van der Waals surface area contributed by atoms with Crippen LogP contribution in [0.4, 0.5) is 0 Å². The maximum absolute atomic E-state index is 9.62. The van der Waals surface area contributed by atoms with Crippen LogP contribution in [0.5, 0.6) is 0 Å². The van der Waals surface area contributed by atoms with E-state index in [0.717, 1.165) is 22.0 Å². The zero-order valence-corrected chi connectivity index (χ0v) is 16.7. The lowest BCUT2D eigenvalue weighted by molar-refractivity contribution is 0.264. The molecule has 0 saturated carbocycles. The van der Waals surface area contributed by atoms with Crippen LogP contribution in [0.2, 0.25) is 10.0 Å². The lowest BCUT2D eigenvalue weighted by Gasteiger charge is -2.17. The van der Waals surface area contributed by atoms with Crippen molar-refractivity contribution in [2.75, 3.05) is 12.9 Å². The summed E-state index contributed by atoms with van der Waals surface area (Å²) in [5, 5.41) is 10.8. The molecule has 24 heavy (non-hydrogen) atoms. The van der Waals surface area contributed by atoms with Gasteiger partial charge >= 0.3 is 0 Å². The van der Waals surface area contributed by atoms with Gasteiger partial charge in [0.15, 0.2) is 0 Å². The molecule has 0 bridgehead atoms. The summed E-state index contributed by atoms with van der Waals surface area (Å²) in [6.07, 6.45) is 1.44. The third-order valence-electron chi connectivity index (χ3n) is 3.05. The number of halogens is 3. The number of hydrogen-bond acceptors (Lipinski definition) is 3. The molecule has 0 aliphatic rings. The first-order chi connectivity index (χ1) is 11.1. The Kier molecular flexibility index (Phi) is 8.70. The van der Waals surface area contributed by atoms with Crippen LogP contribution in [0.1, 0.15) is 17.0 Å². The molecular weight excluding hydrogens is 439 g/mol. The van der Waals surface area contributed by atoms with E-state index in [1.165, 1.54) is 0 Å². The molecule has 2 N–H and O–H groups in total. The molecule has 0 heterocycles. The predicted molar refractivity (Wildman–Crippen MR) is 102 cm³/mol. The summed E-state index contributed by atoms with van der Waals surface area (Å²) in [4.78, 5) is 0. The summed E-state index contributed by atoms with van der Waals surface area (Å²) in [5.74, 6) is -0.0385. The van der Waals surface area contributed by atoms with Crippen LogP contribution in [-0.2, 0) is 16.5 Å². The van der Waals surface area contributed by atoms with Gasteiger partial charge in [0, 0.05) is 20.4 Å². The highest BCUT2D eigenvalue weighted by Gasteiger charge is 2.16. The first kappa shape index (κ1) is 21.4. The van der Waals surface area contributed by atoms with Crippen LogP contribution in [0.25, 0.3) is 0 Å². The zero-order chi connectivity index (χ0) is 18.3. The molecule has 0 amide bonds. The minimum atomic E-state index is -3.67. The molecule has 8 heteroatoms. The van der Waals surface area contributed by atoms with Crippen LogP contribution in [-0.4, -0.2) is 30.9 Å². The van der Waals surface area contributed by atoms with Gasteiger partial charge in [0.1, 0.15) is 0 Å². The Morgan fingerprint density at radius 1 is 1.17 bits per heavy atom. The molecule has 0 spiro atoms. The smallest absolute Gasteiger partial charge is 0.261 e. The normalized spacial score (nSPS) is 12.2. The summed E-state index contributed by atoms with van der Waals surface area (Å²) in [6, 6.07) is 13.4. The predicted octanol–water partition coefficient (Wildman–Crippen LogP) is 4.58. The van der Waals surface area contributed by atoms with Crippen molar-refractivity contribution in [1.29, 1.82) is 0 Å². The van der Waals surface area contributed by atoms with Crippen molar-refractivity contribution in [2.24, 2.45) is 0 Å². The minimum Gasteiger partial charge on any atom is -0.396 e. The summed E-state index contributed by atoms with van der Waals surface area (Å²) in [6.45, 7) is 0.0443. The number of aliphatic hydroxyl groups excluding tert-OH is 1. The topological polar surface area (TPSA) is 74.6 Å². The molecule has 0 radical (unpaired) electrons. The van der Waals surface area contributed by atoms with Crippen molar-refractivity contribution >= 4 is 49.2 Å². The molecular formula is C16H17BrCl2O4S. The van der Waals surface area contributed by atoms with E-state index in [-0.39, 0.29) is 12.5 Å². The van der Waals surface area contributed by atoms with E-state index in [1.54, 1.807) is 12.1 Å². The van der Waals surface area contributed by atoms with Crippen LogP contribution < -0.4 is 0 Å². The van der Waals surface area contributed by atoms with E-state index >= 15 is 0 Å². The third-order valence-corrected chi connectivity index (χ3v) is 4.38. The van der Waals surface area contributed by atoms with Gasteiger partial charge in [-0.1, -0.05) is 63.4 Å². The van der Waals surface area contributed by atoms with Crippen LogP contribution >= 0.6 is 39.1 Å². The molecule has 4 nitrogen and oxygen atoms in total. The molecule has 0 saturated heterocycles. The third kappa shape index (κ3) is 7.96. The van der Waals surface area contributed by atoms with Crippen molar-refractivity contribution in [3.63, 3.8) is 0 Å². The number of hydrogen-bond donors (Lipinski definition) is 2. The Hall–Kier alpha value is -0.630. The van der Waals surface area contributed by atoms with Gasteiger partial charge in [0.2, 0.25) is 0 Å². The average Bonchev–Trinajstić information content (AvgIpc) is 2.45. The van der Waals surface area contributed by atoms with E-state index in [2.05, 4.69) is 15.9 Å². The van der Waals surface area contributed by atoms with Gasteiger partial charge in [-0.15, -0.1) is 0 Å². The Morgan fingerprint density at radius 2 is 1.75 bits per heavy atom. The van der Waals surface area contributed by atoms with Crippen molar-refractivity contribution < 1.29 is 18.1 Å². The molecule has 0 fully saturated rings. The lowest BCUT2D eigenvalue weighted by atomic mass is 9.92. The molecule has 0 aromatic heterocycles. The first-order valence-electron chi connectivity index (χ1n) is 6.83. The van der Waals surface area contributed by atoms with Gasteiger partial charge in [0.05, 0.1) is 12.9 Å². The van der Waals surface area contributed by atoms with Gasteiger partial charge in [-0.2, -0.15) is 8.42 Å². The van der Waals surface area contributed by atoms with Crippen LogP contribution in [0.3, 0.4) is 0 Å². The summed E-state index contributed by atoms with van der Waals surface area (Å²) in [7, 11) is -3.67. The standard InChI is InChI=1S/C15H13BrCl2O.CH4O3S/c16-14-4-2-1-3-10(14)7-11(9-19)13-6-5-12(17)8-15(13)18;1-5(2,3)4/h1-6,8,11,19H,7,9H2;1H3,(H,2,3,4). The van der Waals surface area contributed by atoms with E-state index in [4.69, 9.17) is 27.8 Å². The lowest BCUT2D eigenvalue weighted by Crippen LogP contribution is -2.08. The fraction of sp³-hybridized carbons (Fsp3) is 0.250. The Morgan fingerprint density at radius 3 is 2.25 bits per heavy atom. The van der Waals surface area contributed by atoms with Gasteiger partial charge in [-0.3, -0.25) is 4.55 Å². The zero-order valence-electron chi connectivity index (χ0n) is 12.8. The molecule has 1 unspecified atom stereocenters. The first-order valence-corrected chi connectivity index (χ1v) is 10.2. The molecule has 0 aliphatic heterocycles. The largest absolute Gasteiger partial charge is 0.396 e. The Balaban J connectivity index is 0.000000505. The highest BCUT2D eigenvalue weighted by molar-refractivity contribution is 9.10. The van der Waals surface area contributed by atoms with Crippen LogP contribution in [0.15, 0.2) is 46.9 Å². The number of benzene rings is 2. The van der Waals surface area contributed by atoms with Crippen LogP contribution in [0, 0.1) is 0 Å². The van der Waals surface area contributed by atoms with E-state index in [1.807, 2.05) is 30.3 Å². The second kappa shape index (κ2) is 9.75.